The van der Waals surface area contributed by atoms with Crippen LogP contribution in [0.1, 0.15) is 39.2 Å². The number of rotatable bonds is 4. The van der Waals surface area contributed by atoms with Gasteiger partial charge in [0.1, 0.15) is 0 Å². The van der Waals surface area contributed by atoms with Gasteiger partial charge in [0.15, 0.2) is 0 Å². The lowest BCUT2D eigenvalue weighted by Crippen LogP contribution is -2.43. The van der Waals surface area contributed by atoms with E-state index in [1.54, 1.807) is 0 Å². The van der Waals surface area contributed by atoms with Crippen LogP contribution < -0.4 is 4.90 Å². The Labute approximate surface area is 111 Å². The summed E-state index contributed by atoms with van der Waals surface area (Å²) < 4.78 is 0. The maximum absolute atomic E-state index is 9.20. The molecule has 0 bridgehead atoms. The van der Waals surface area contributed by atoms with Gasteiger partial charge in [-0.3, -0.25) is 0 Å². The number of hydrogen-bond acceptors (Lipinski definition) is 2. The van der Waals surface area contributed by atoms with E-state index in [2.05, 4.69) is 49.9 Å². The van der Waals surface area contributed by atoms with Crippen molar-refractivity contribution in [2.24, 2.45) is 5.92 Å². The highest BCUT2D eigenvalue weighted by atomic mass is 16.3. The molecule has 0 aromatic heterocycles. The second-order valence-corrected chi connectivity index (χ2v) is 5.79. The van der Waals surface area contributed by atoms with E-state index in [9.17, 15) is 5.11 Å². The first kappa shape index (κ1) is 13.4. The van der Waals surface area contributed by atoms with E-state index in [-0.39, 0.29) is 5.54 Å². The molecular weight excluding hydrogens is 222 g/mol. The summed E-state index contributed by atoms with van der Waals surface area (Å²) in [6.07, 6.45) is 3.18. The molecule has 0 amide bonds. The lowest BCUT2D eigenvalue weighted by molar-refractivity contribution is 0.229. The molecule has 0 saturated carbocycles. The van der Waals surface area contributed by atoms with Gasteiger partial charge in [0.2, 0.25) is 0 Å². The van der Waals surface area contributed by atoms with E-state index >= 15 is 0 Å². The molecule has 0 aliphatic carbocycles. The maximum Gasteiger partial charge on any atom is 0.0434 e. The molecule has 1 saturated heterocycles. The van der Waals surface area contributed by atoms with Crippen LogP contribution in [0, 0.1) is 5.92 Å². The Morgan fingerprint density at radius 2 is 2.06 bits per heavy atom. The number of benzene rings is 1. The number of hydrogen-bond donors (Lipinski definition) is 1. The standard InChI is InChI=1S/C16H25NO/c1-4-13-7-5-6-8-15(13)17-11-9-14(10-12-18)16(17,2)3/h5-8,14,18H,4,9-12H2,1-3H3. The smallest absolute Gasteiger partial charge is 0.0434 e. The lowest BCUT2D eigenvalue weighted by Gasteiger charge is -2.38. The predicted molar refractivity (Wildman–Crippen MR) is 77.1 cm³/mol. The Kier molecular flexibility index (Phi) is 3.96. The third-order valence-electron chi connectivity index (χ3n) is 4.54. The summed E-state index contributed by atoms with van der Waals surface area (Å²) in [6.45, 7) is 8.25. The van der Waals surface area contributed by atoms with Crippen LogP contribution in [0.4, 0.5) is 5.69 Å². The maximum atomic E-state index is 9.20. The minimum Gasteiger partial charge on any atom is -0.396 e. The summed E-state index contributed by atoms with van der Waals surface area (Å²) in [6, 6.07) is 8.72. The van der Waals surface area contributed by atoms with Crippen molar-refractivity contribution in [1.29, 1.82) is 0 Å². The second-order valence-electron chi connectivity index (χ2n) is 5.79. The first-order valence-corrected chi connectivity index (χ1v) is 7.07. The van der Waals surface area contributed by atoms with E-state index in [1.165, 1.54) is 17.7 Å². The van der Waals surface area contributed by atoms with Crippen LogP contribution in [0.3, 0.4) is 0 Å². The zero-order chi connectivity index (χ0) is 13.2. The van der Waals surface area contributed by atoms with Gasteiger partial charge in [-0.2, -0.15) is 0 Å². The van der Waals surface area contributed by atoms with Crippen molar-refractivity contribution in [3.8, 4) is 0 Å². The summed E-state index contributed by atoms with van der Waals surface area (Å²) in [4.78, 5) is 2.53. The van der Waals surface area contributed by atoms with Crippen molar-refractivity contribution < 1.29 is 5.11 Å². The molecule has 1 N–H and O–H groups in total. The molecule has 100 valence electrons. The predicted octanol–water partition coefficient (Wildman–Crippen LogP) is 3.24. The number of aryl methyl sites for hydroxylation is 1. The van der Waals surface area contributed by atoms with Crippen LogP contribution in [0.5, 0.6) is 0 Å². The SMILES string of the molecule is CCc1ccccc1N1CCC(CCO)C1(C)C. The van der Waals surface area contributed by atoms with Crippen molar-refractivity contribution in [2.45, 2.75) is 45.6 Å². The Hall–Kier alpha value is -1.02. The molecular formula is C16H25NO. The molecule has 1 aromatic carbocycles. The highest BCUT2D eigenvalue weighted by Gasteiger charge is 2.41. The minimum absolute atomic E-state index is 0.147. The molecule has 0 spiro atoms. The Morgan fingerprint density at radius 3 is 2.72 bits per heavy atom. The minimum atomic E-state index is 0.147. The molecule has 1 heterocycles. The van der Waals surface area contributed by atoms with E-state index in [1.807, 2.05) is 0 Å². The van der Waals surface area contributed by atoms with Crippen molar-refractivity contribution >= 4 is 5.69 Å². The highest BCUT2D eigenvalue weighted by molar-refractivity contribution is 5.56. The van der Waals surface area contributed by atoms with Crippen LogP contribution >= 0.6 is 0 Å². The average Bonchev–Trinajstić information content (AvgIpc) is 2.65. The fourth-order valence-electron chi connectivity index (χ4n) is 3.30. The molecule has 2 rings (SSSR count). The number of para-hydroxylation sites is 1. The molecule has 0 radical (unpaired) electrons. The first-order valence-electron chi connectivity index (χ1n) is 7.07. The van der Waals surface area contributed by atoms with Crippen LogP contribution in [-0.4, -0.2) is 23.8 Å². The lowest BCUT2D eigenvalue weighted by atomic mass is 9.85. The summed E-state index contributed by atoms with van der Waals surface area (Å²) in [5, 5.41) is 9.20. The normalized spacial score (nSPS) is 22.4. The van der Waals surface area contributed by atoms with Crippen molar-refractivity contribution in [3.63, 3.8) is 0 Å². The molecule has 2 heteroatoms. The van der Waals surface area contributed by atoms with Gasteiger partial charge in [-0.15, -0.1) is 0 Å². The topological polar surface area (TPSA) is 23.5 Å². The van der Waals surface area contributed by atoms with Crippen molar-refractivity contribution in [1.82, 2.24) is 0 Å². The summed E-state index contributed by atoms with van der Waals surface area (Å²) in [7, 11) is 0. The van der Waals surface area contributed by atoms with Gasteiger partial charge in [0.25, 0.3) is 0 Å². The molecule has 1 atom stereocenters. The molecule has 1 aliphatic heterocycles. The van der Waals surface area contributed by atoms with Gasteiger partial charge < -0.3 is 10.0 Å². The van der Waals surface area contributed by atoms with Crippen molar-refractivity contribution in [2.75, 3.05) is 18.1 Å². The van der Waals surface area contributed by atoms with Crippen LogP contribution in [0.25, 0.3) is 0 Å². The summed E-state index contributed by atoms with van der Waals surface area (Å²) in [5.41, 5.74) is 2.95. The van der Waals surface area contributed by atoms with Crippen LogP contribution in [-0.2, 0) is 6.42 Å². The van der Waals surface area contributed by atoms with E-state index in [0.29, 0.717) is 12.5 Å². The van der Waals surface area contributed by atoms with Gasteiger partial charge in [-0.25, -0.2) is 0 Å². The average molecular weight is 247 g/mol. The van der Waals surface area contributed by atoms with Crippen molar-refractivity contribution in [3.05, 3.63) is 29.8 Å². The fourth-order valence-corrected chi connectivity index (χ4v) is 3.30. The molecule has 1 unspecified atom stereocenters. The van der Waals surface area contributed by atoms with Gasteiger partial charge in [-0.05, 0) is 50.7 Å². The molecule has 18 heavy (non-hydrogen) atoms. The third kappa shape index (κ3) is 2.26. The second kappa shape index (κ2) is 5.31. The molecule has 1 aliphatic rings. The Bertz CT molecular complexity index is 400. The van der Waals surface area contributed by atoms with E-state index in [0.717, 1.165) is 19.4 Å². The third-order valence-corrected chi connectivity index (χ3v) is 4.54. The number of aliphatic hydroxyl groups is 1. The summed E-state index contributed by atoms with van der Waals surface area (Å²) >= 11 is 0. The van der Waals surface area contributed by atoms with Gasteiger partial charge in [0.05, 0.1) is 0 Å². The van der Waals surface area contributed by atoms with Gasteiger partial charge in [0, 0.05) is 24.4 Å². The zero-order valence-corrected chi connectivity index (χ0v) is 11.8. The zero-order valence-electron chi connectivity index (χ0n) is 11.8. The van der Waals surface area contributed by atoms with E-state index in [4.69, 9.17) is 0 Å². The quantitative estimate of drug-likeness (QED) is 0.883. The first-order chi connectivity index (χ1) is 8.61. The Balaban J connectivity index is 2.29. The van der Waals surface area contributed by atoms with E-state index < -0.39 is 0 Å². The van der Waals surface area contributed by atoms with Crippen LogP contribution in [0.2, 0.25) is 0 Å². The Morgan fingerprint density at radius 1 is 1.33 bits per heavy atom. The number of nitrogens with zero attached hydrogens (tertiary/aromatic N) is 1. The fraction of sp³-hybridized carbons (Fsp3) is 0.625. The van der Waals surface area contributed by atoms with Gasteiger partial charge >= 0.3 is 0 Å². The highest BCUT2D eigenvalue weighted by Crippen LogP contribution is 2.41. The number of aliphatic hydroxyl groups excluding tert-OH is 1. The van der Waals surface area contributed by atoms with Gasteiger partial charge in [-0.1, -0.05) is 25.1 Å². The monoisotopic (exact) mass is 247 g/mol. The molecule has 2 nitrogen and oxygen atoms in total. The molecule has 1 fully saturated rings. The largest absolute Gasteiger partial charge is 0.396 e. The summed E-state index contributed by atoms with van der Waals surface area (Å²) in [5.74, 6) is 0.590. The van der Waals surface area contributed by atoms with Crippen LogP contribution in [0.15, 0.2) is 24.3 Å². The molecule has 1 aromatic rings. The number of anilines is 1.